The number of allylic oxidation sites excluding steroid dienone is 1. The highest BCUT2D eigenvalue weighted by atomic mass is 14.0. The van der Waals surface area contributed by atoms with Gasteiger partial charge in [0.15, 0.2) is 0 Å². The van der Waals surface area contributed by atoms with E-state index in [-0.39, 0.29) is 0 Å². The highest BCUT2D eigenvalue weighted by Gasteiger charge is 1.90. The maximum atomic E-state index is 3.72. The molecule has 0 nitrogen and oxygen atoms in total. The van der Waals surface area contributed by atoms with Crippen molar-refractivity contribution in [2.45, 2.75) is 143 Å². The van der Waals surface area contributed by atoms with Gasteiger partial charge in [-0.25, -0.2) is 0 Å². The number of rotatable bonds is 18. The fourth-order valence-corrected chi connectivity index (χ4v) is 2.98. The predicted octanol–water partition coefficient (Wildman–Crippen LogP) is 9.63. The molecule has 0 N–H and O–H groups in total. The minimum absolute atomic E-state index is 1.20. The Morgan fingerprint density at radius 3 is 0.917 bits per heavy atom. The molecule has 0 atom stereocenters. The van der Waals surface area contributed by atoms with Gasteiger partial charge in [-0.1, -0.05) is 136 Å². The van der Waals surface area contributed by atoms with E-state index in [1.807, 2.05) is 6.08 Å². The summed E-state index contributed by atoms with van der Waals surface area (Å²) in [6.45, 7) is 10.5. The quantitative estimate of drug-likeness (QED) is 0.172. The molecule has 0 saturated carbocycles. The molecule has 146 valence electrons. The smallest absolute Gasteiger partial charge is 0.0353 e. The lowest BCUT2D eigenvalue weighted by Gasteiger charge is -1.99. The zero-order valence-corrected chi connectivity index (χ0v) is 17.7. The Kier molecular flexibility index (Phi) is 29.9. The molecule has 0 aliphatic rings. The molecule has 24 heavy (non-hydrogen) atoms. The molecule has 0 fully saturated rings. The van der Waals surface area contributed by atoms with Gasteiger partial charge < -0.3 is 0 Å². The van der Waals surface area contributed by atoms with Gasteiger partial charge in [-0.3, -0.25) is 0 Å². The van der Waals surface area contributed by atoms with Crippen molar-refractivity contribution >= 4 is 0 Å². The maximum Gasteiger partial charge on any atom is -0.0353 e. The second-order valence-corrected chi connectivity index (χ2v) is 7.38. The third kappa shape index (κ3) is 29.7. The molecule has 0 aliphatic heterocycles. The molecule has 0 radical (unpaired) electrons. The summed E-state index contributed by atoms with van der Waals surface area (Å²) in [5, 5.41) is 0. The average Bonchev–Trinajstić information content (AvgIpc) is 2.60. The zero-order valence-electron chi connectivity index (χ0n) is 17.7. The van der Waals surface area contributed by atoms with E-state index in [4.69, 9.17) is 0 Å². The Morgan fingerprint density at radius 1 is 0.417 bits per heavy atom. The van der Waals surface area contributed by atoms with Gasteiger partial charge in [-0.05, 0) is 12.8 Å². The molecular weight excluding hydrogens is 288 g/mol. The molecule has 0 saturated heterocycles. The van der Waals surface area contributed by atoms with Gasteiger partial charge in [0, 0.05) is 0 Å². The molecule has 0 bridgehead atoms. The normalized spacial score (nSPS) is 10.3. The summed E-state index contributed by atoms with van der Waals surface area (Å²) in [4.78, 5) is 0. The van der Waals surface area contributed by atoms with E-state index in [0.29, 0.717) is 0 Å². The lowest BCUT2D eigenvalue weighted by Crippen LogP contribution is -1.80. The first kappa shape index (κ1) is 26.0. The second kappa shape index (κ2) is 27.6. The van der Waals surface area contributed by atoms with Crippen molar-refractivity contribution in [3.63, 3.8) is 0 Å². The van der Waals surface area contributed by atoms with Crippen molar-refractivity contribution in [1.29, 1.82) is 0 Å². The van der Waals surface area contributed by atoms with Gasteiger partial charge in [-0.2, -0.15) is 0 Å². The van der Waals surface area contributed by atoms with E-state index >= 15 is 0 Å². The van der Waals surface area contributed by atoms with Gasteiger partial charge in [0.2, 0.25) is 0 Å². The van der Waals surface area contributed by atoms with Gasteiger partial charge in [0.25, 0.3) is 0 Å². The van der Waals surface area contributed by atoms with Crippen LogP contribution in [0.3, 0.4) is 0 Å². The van der Waals surface area contributed by atoms with Gasteiger partial charge in [0.1, 0.15) is 0 Å². The SMILES string of the molecule is C=CCCCCCCCCCC.CCCCCCCCCCCC. The van der Waals surface area contributed by atoms with Crippen molar-refractivity contribution in [1.82, 2.24) is 0 Å². The topological polar surface area (TPSA) is 0 Å². The summed E-state index contributed by atoms with van der Waals surface area (Å²) < 4.78 is 0. The molecule has 0 heteroatoms. The van der Waals surface area contributed by atoms with Gasteiger partial charge >= 0.3 is 0 Å². The summed E-state index contributed by atoms with van der Waals surface area (Å²) in [6.07, 6.45) is 29.0. The highest BCUT2D eigenvalue weighted by molar-refractivity contribution is 4.65. The van der Waals surface area contributed by atoms with Crippen LogP contribution in [-0.2, 0) is 0 Å². The van der Waals surface area contributed by atoms with Crippen LogP contribution in [0, 0.1) is 0 Å². The Hall–Kier alpha value is -0.260. The lowest BCUT2D eigenvalue weighted by atomic mass is 10.1. The van der Waals surface area contributed by atoms with Crippen LogP contribution in [0.2, 0.25) is 0 Å². The fraction of sp³-hybridized carbons (Fsp3) is 0.917. The first-order valence-electron chi connectivity index (χ1n) is 11.4. The number of hydrogen-bond donors (Lipinski definition) is 0. The van der Waals surface area contributed by atoms with E-state index in [2.05, 4.69) is 27.4 Å². The van der Waals surface area contributed by atoms with Crippen molar-refractivity contribution in [3.8, 4) is 0 Å². The van der Waals surface area contributed by atoms with Crippen molar-refractivity contribution in [2.75, 3.05) is 0 Å². The van der Waals surface area contributed by atoms with Gasteiger partial charge in [0.05, 0.1) is 0 Å². The van der Waals surface area contributed by atoms with Crippen LogP contribution >= 0.6 is 0 Å². The molecule has 0 aromatic heterocycles. The Labute approximate surface area is 155 Å². The van der Waals surface area contributed by atoms with E-state index in [0.717, 1.165) is 0 Å². The first-order chi connectivity index (χ1) is 11.8. The summed E-state index contributed by atoms with van der Waals surface area (Å²) in [6, 6.07) is 0. The minimum Gasteiger partial charge on any atom is -0.103 e. The summed E-state index contributed by atoms with van der Waals surface area (Å²) in [5.41, 5.74) is 0. The van der Waals surface area contributed by atoms with Crippen LogP contribution in [0.1, 0.15) is 143 Å². The molecule has 0 unspecified atom stereocenters. The van der Waals surface area contributed by atoms with Crippen LogP contribution in [0.5, 0.6) is 0 Å². The van der Waals surface area contributed by atoms with Crippen LogP contribution in [0.25, 0.3) is 0 Å². The predicted molar refractivity (Wildman–Crippen MR) is 115 cm³/mol. The number of hydrogen-bond acceptors (Lipinski definition) is 0. The van der Waals surface area contributed by atoms with E-state index in [9.17, 15) is 0 Å². The van der Waals surface area contributed by atoms with E-state index in [1.54, 1.807) is 0 Å². The van der Waals surface area contributed by atoms with Crippen LogP contribution in [0.4, 0.5) is 0 Å². The largest absolute Gasteiger partial charge is 0.103 e. The maximum absolute atomic E-state index is 3.72. The first-order valence-corrected chi connectivity index (χ1v) is 11.4. The van der Waals surface area contributed by atoms with Gasteiger partial charge in [-0.15, -0.1) is 6.58 Å². The molecule has 0 aliphatic carbocycles. The third-order valence-electron chi connectivity index (χ3n) is 4.72. The highest BCUT2D eigenvalue weighted by Crippen LogP contribution is 2.10. The second-order valence-electron chi connectivity index (χ2n) is 7.38. The summed E-state index contributed by atoms with van der Waals surface area (Å²) in [7, 11) is 0. The molecule has 0 aromatic carbocycles. The van der Waals surface area contributed by atoms with Crippen LogP contribution < -0.4 is 0 Å². The van der Waals surface area contributed by atoms with Crippen LogP contribution in [-0.4, -0.2) is 0 Å². The molecule has 0 spiro atoms. The van der Waals surface area contributed by atoms with Crippen molar-refractivity contribution in [2.24, 2.45) is 0 Å². The summed E-state index contributed by atoms with van der Waals surface area (Å²) >= 11 is 0. The van der Waals surface area contributed by atoms with Crippen molar-refractivity contribution in [3.05, 3.63) is 12.7 Å². The molecule has 0 rings (SSSR count). The minimum atomic E-state index is 1.20. The Bertz CT molecular complexity index is 184. The molecular formula is C24H50. The fourth-order valence-electron chi connectivity index (χ4n) is 2.98. The average molecular weight is 339 g/mol. The lowest BCUT2D eigenvalue weighted by molar-refractivity contribution is 0.562. The standard InChI is InChI=1S/C12H26.C12H24/c2*1-3-5-7-9-11-12-10-8-6-4-2/h3-12H2,1-2H3;3H,1,4-12H2,2H3. The van der Waals surface area contributed by atoms with Crippen LogP contribution in [0.15, 0.2) is 12.7 Å². The zero-order chi connectivity index (χ0) is 18.1. The van der Waals surface area contributed by atoms with Crippen molar-refractivity contribution < 1.29 is 0 Å². The Morgan fingerprint density at radius 2 is 0.667 bits per heavy atom. The Balaban J connectivity index is 0. The molecule has 0 aromatic rings. The van der Waals surface area contributed by atoms with E-state index in [1.165, 1.54) is 122 Å². The molecule has 0 amide bonds. The van der Waals surface area contributed by atoms with E-state index < -0.39 is 0 Å². The molecule has 0 heterocycles. The third-order valence-corrected chi connectivity index (χ3v) is 4.72. The summed E-state index contributed by atoms with van der Waals surface area (Å²) in [5.74, 6) is 0. The monoisotopic (exact) mass is 338 g/mol. The number of unbranched alkanes of at least 4 members (excludes halogenated alkanes) is 17.